The zero-order valence-electron chi connectivity index (χ0n) is 11.2. The van der Waals surface area contributed by atoms with E-state index in [1.165, 1.54) is 5.56 Å². The van der Waals surface area contributed by atoms with Crippen molar-refractivity contribution in [1.29, 1.82) is 0 Å². The van der Waals surface area contributed by atoms with Gasteiger partial charge in [0.05, 0.1) is 0 Å². The van der Waals surface area contributed by atoms with Crippen LogP contribution in [-0.2, 0) is 10.5 Å². The molecule has 0 fully saturated rings. The minimum atomic E-state index is -0.429. The van der Waals surface area contributed by atoms with Gasteiger partial charge in [0.15, 0.2) is 0 Å². The summed E-state index contributed by atoms with van der Waals surface area (Å²) in [6, 6.07) is 10.3. The minimum absolute atomic E-state index is 0.345. The van der Waals surface area contributed by atoms with E-state index in [4.69, 9.17) is 4.74 Å². The van der Waals surface area contributed by atoms with Crippen LogP contribution >= 0.6 is 11.8 Å². The third kappa shape index (κ3) is 7.22. The summed E-state index contributed by atoms with van der Waals surface area (Å²) in [5, 5.41) is 2.74. The topological polar surface area (TPSA) is 38.3 Å². The first-order valence-corrected chi connectivity index (χ1v) is 7.21. The third-order valence-corrected chi connectivity index (χ3v) is 3.06. The van der Waals surface area contributed by atoms with Crippen molar-refractivity contribution in [2.45, 2.75) is 32.1 Å². The standard InChI is InChI=1S/C14H21NO2S/c1-14(2,3)17-13(16)15-9-10-18-11-12-7-5-4-6-8-12/h4-8H,9-11H2,1-3H3,(H,15,16). The first-order valence-electron chi connectivity index (χ1n) is 6.06. The average Bonchev–Trinajstić information content (AvgIpc) is 2.27. The van der Waals surface area contributed by atoms with Crippen LogP contribution in [0.5, 0.6) is 0 Å². The Morgan fingerprint density at radius 1 is 1.28 bits per heavy atom. The molecule has 1 aromatic carbocycles. The van der Waals surface area contributed by atoms with Gasteiger partial charge in [-0.15, -0.1) is 0 Å². The molecule has 0 heterocycles. The Morgan fingerprint density at radius 2 is 1.94 bits per heavy atom. The highest BCUT2D eigenvalue weighted by Crippen LogP contribution is 2.11. The molecule has 0 aliphatic rings. The molecule has 0 saturated heterocycles. The number of carbonyl (C=O) groups is 1. The lowest BCUT2D eigenvalue weighted by Gasteiger charge is -2.19. The van der Waals surface area contributed by atoms with E-state index >= 15 is 0 Å². The maximum absolute atomic E-state index is 11.3. The summed E-state index contributed by atoms with van der Waals surface area (Å²) < 4.78 is 5.14. The van der Waals surface area contributed by atoms with Crippen molar-refractivity contribution in [2.24, 2.45) is 0 Å². The lowest BCUT2D eigenvalue weighted by molar-refractivity contribution is 0.0531. The summed E-state index contributed by atoms with van der Waals surface area (Å²) in [6.07, 6.45) is -0.345. The number of thioether (sulfide) groups is 1. The highest BCUT2D eigenvalue weighted by molar-refractivity contribution is 7.98. The quantitative estimate of drug-likeness (QED) is 0.830. The van der Waals surface area contributed by atoms with Crippen molar-refractivity contribution in [3.63, 3.8) is 0 Å². The number of nitrogens with one attached hydrogen (secondary N) is 1. The molecule has 0 aliphatic carbocycles. The molecular formula is C14H21NO2S. The maximum Gasteiger partial charge on any atom is 0.407 e. The van der Waals surface area contributed by atoms with Crippen LogP contribution in [0, 0.1) is 0 Å². The average molecular weight is 267 g/mol. The van der Waals surface area contributed by atoms with E-state index < -0.39 is 5.60 Å². The molecule has 0 saturated carbocycles. The van der Waals surface area contributed by atoms with Gasteiger partial charge >= 0.3 is 6.09 Å². The monoisotopic (exact) mass is 267 g/mol. The van der Waals surface area contributed by atoms with Crippen LogP contribution in [0.1, 0.15) is 26.3 Å². The summed E-state index contributed by atoms with van der Waals surface area (Å²) in [6.45, 7) is 6.20. The summed E-state index contributed by atoms with van der Waals surface area (Å²) in [7, 11) is 0. The highest BCUT2D eigenvalue weighted by atomic mass is 32.2. The second-order valence-corrected chi connectivity index (χ2v) is 6.07. The van der Waals surface area contributed by atoms with Crippen LogP contribution in [0.25, 0.3) is 0 Å². The van der Waals surface area contributed by atoms with Crippen LogP contribution in [0.3, 0.4) is 0 Å². The molecule has 3 nitrogen and oxygen atoms in total. The Kier molecular flexibility index (Phi) is 6.05. The lowest BCUT2D eigenvalue weighted by atomic mass is 10.2. The molecule has 0 aromatic heterocycles. The Labute approximate surface area is 113 Å². The Hall–Kier alpha value is -1.16. The number of benzene rings is 1. The van der Waals surface area contributed by atoms with E-state index in [1.54, 1.807) is 11.8 Å². The number of alkyl carbamates (subject to hydrolysis) is 1. The van der Waals surface area contributed by atoms with Gasteiger partial charge in [0.1, 0.15) is 5.60 Å². The van der Waals surface area contributed by atoms with Crippen molar-refractivity contribution < 1.29 is 9.53 Å². The van der Waals surface area contributed by atoms with Gasteiger partial charge in [-0.25, -0.2) is 4.79 Å². The summed E-state index contributed by atoms with van der Waals surface area (Å²) in [4.78, 5) is 11.3. The maximum atomic E-state index is 11.3. The van der Waals surface area contributed by atoms with Gasteiger partial charge in [-0.1, -0.05) is 30.3 Å². The van der Waals surface area contributed by atoms with E-state index in [0.29, 0.717) is 6.54 Å². The Balaban J connectivity index is 2.07. The van der Waals surface area contributed by atoms with E-state index in [2.05, 4.69) is 17.4 Å². The molecular weight excluding hydrogens is 246 g/mol. The van der Waals surface area contributed by atoms with Crippen LogP contribution < -0.4 is 5.32 Å². The van der Waals surface area contributed by atoms with Crippen molar-refractivity contribution in [2.75, 3.05) is 12.3 Å². The molecule has 0 atom stereocenters. The SMILES string of the molecule is CC(C)(C)OC(=O)NCCSCc1ccccc1. The second-order valence-electron chi connectivity index (χ2n) is 4.97. The fourth-order valence-corrected chi connectivity index (χ4v) is 2.12. The number of hydrogen-bond acceptors (Lipinski definition) is 3. The van der Waals surface area contributed by atoms with E-state index in [1.807, 2.05) is 39.0 Å². The molecule has 4 heteroatoms. The van der Waals surface area contributed by atoms with E-state index in [0.717, 1.165) is 11.5 Å². The van der Waals surface area contributed by atoms with Gasteiger partial charge in [0.2, 0.25) is 0 Å². The smallest absolute Gasteiger partial charge is 0.407 e. The first kappa shape index (κ1) is 14.9. The van der Waals surface area contributed by atoms with Crippen molar-refractivity contribution >= 4 is 17.9 Å². The predicted octanol–water partition coefficient (Wildman–Crippen LogP) is 3.44. The summed E-state index contributed by atoms with van der Waals surface area (Å²) in [5.41, 5.74) is 0.876. The van der Waals surface area contributed by atoms with Gasteiger partial charge in [0.25, 0.3) is 0 Å². The summed E-state index contributed by atoms with van der Waals surface area (Å²) in [5.74, 6) is 1.85. The molecule has 1 rings (SSSR count). The normalized spacial score (nSPS) is 11.1. The number of hydrogen-bond donors (Lipinski definition) is 1. The molecule has 1 amide bonds. The van der Waals surface area contributed by atoms with Crippen molar-refractivity contribution in [3.8, 4) is 0 Å². The van der Waals surface area contributed by atoms with E-state index in [9.17, 15) is 4.79 Å². The molecule has 1 N–H and O–H groups in total. The number of amides is 1. The number of ether oxygens (including phenoxy) is 1. The van der Waals surface area contributed by atoms with Crippen LogP contribution in [0.15, 0.2) is 30.3 Å². The van der Waals surface area contributed by atoms with Crippen LogP contribution in [0.2, 0.25) is 0 Å². The van der Waals surface area contributed by atoms with Crippen LogP contribution in [-0.4, -0.2) is 24.0 Å². The molecule has 18 heavy (non-hydrogen) atoms. The fourth-order valence-electron chi connectivity index (χ4n) is 1.30. The number of rotatable bonds is 5. The highest BCUT2D eigenvalue weighted by Gasteiger charge is 2.15. The second kappa shape index (κ2) is 7.31. The van der Waals surface area contributed by atoms with Crippen molar-refractivity contribution in [3.05, 3.63) is 35.9 Å². The Morgan fingerprint density at radius 3 is 2.56 bits per heavy atom. The zero-order chi connectivity index (χ0) is 13.4. The predicted molar refractivity (Wildman–Crippen MR) is 76.8 cm³/mol. The Bertz CT molecular complexity index is 360. The third-order valence-electron chi connectivity index (χ3n) is 2.03. The van der Waals surface area contributed by atoms with Gasteiger partial charge in [-0.05, 0) is 26.3 Å². The zero-order valence-corrected chi connectivity index (χ0v) is 12.0. The first-order chi connectivity index (χ1) is 8.47. The molecule has 0 aliphatic heterocycles. The minimum Gasteiger partial charge on any atom is -0.444 e. The van der Waals surface area contributed by atoms with Crippen molar-refractivity contribution in [1.82, 2.24) is 5.32 Å². The van der Waals surface area contributed by atoms with Crippen LogP contribution in [0.4, 0.5) is 4.79 Å². The van der Waals surface area contributed by atoms with Gasteiger partial charge in [-0.2, -0.15) is 11.8 Å². The lowest BCUT2D eigenvalue weighted by Crippen LogP contribution is -2.33. The van der Waals surface area contributed by atoms with E-state index in [-0.39, 0.29) is 6.09 Å². The number of carbonyl (C=O) groups excluding carboxylic acids is 1. The van der Waals surface area contributed by atoms with Gasteiger partial charge in [0, 0.05) is 18.1 Å². The van der Waals surface area contributed by atoms with Gasteiger partial charge < -0.3 is 10.1 Å². The molecule has 0 unspecified atom stereocenters. The summed E-state index contributed by atoms with van der Waals surface area (Å²) >= 11 is 1.80. The molecule has 0 spiro atoms. The molecule has 0 bridgehead atoms. The molecule has 100 valence electrons. The fraction of sp³-hybridized carbons (Fsp3) is 0.500. The molecule has 0 radical (unpaired) electrons. The molecule has 1 aromatic rings. The van der Waals surface area contributed by atoms with Gasteiger partial charge in [-0.3, -0.25) is 0 Å². The largest absolute Gasteiger partial charge is 0.444 e.